The molecule has 10 heteroatoms. The number of rotatable bonds is 4. The van der Waals surface area contributed by atoms with Gasteiger partial charge in [0.1, 0.15) is 11.2 Å². The lowest BCUT2D eigenvalue weighted by molar-refractivity contribution is 0.0429. The first-order valence-electron chi connectivity index (χ1n) is 10.6. The number of nitrogens with zero attached hydrogens (tertiary/aromatic N) is 4. The highest BCUT2D eigenvalue weighted by Crippen LogP contribution is 2.32. The van der Waals surface area contributed by atoms with Crippen LogP contribution in [0.25, 0.3) is 11.3 Å². The molecule has 0 aliphatic heterocycles. The molecule has 0 spiro atoms. The van der Waals surface area contributed by atoms with Gasteiger partial charge in [0.25, 0.3) is 0 Å². The van der Waals surface area contributed by atoms with Gasteiger partial charge >= 0.3 is 12.2 Å². The number of carbonyl (C=O) groups excluding carboxylic acids is 2. The summed E-state index contributed by atoms with van der Waals surface area (Å²) >= 11 is 0. The third-order valence-electron chi connectivity index (χ3n) is 4.11. The molecule has 0 atom stereocenters. The molecule has 0 aliphatic carbocycles. The van der Waals surface area contributed by atoms with Gasteiger partial charge in [-0.2, -0.15) is 9.29 Å². The van der Waals surface area contributed by atoms with Crippen LogP contribution < -0.4 is 4.90 Å². The van der Waals surface area contributed by atoms with Crippen molar-refractivity contribution in [1.29, 1.82) is 0 Å². The first-order valence-corrected chi connectivity index (χ1v) is 10.6. The van der Waals surface area contributed by atoms with E-state index in [0.29, 0.717) is 17.0 Å². The molecule has 0 radical (unpaired) electrons. The lowest BCUT2D eigenvalue weighted by Crippen LogP contribution is -2.44. The quantitative estimate of drug-likeness (QED) is 0.458. The van der Waals surface area contributed by atoms with Gasteiger partial charge in [0.15, 0.2) is 11.6 Å². The molecule has 3 aromatic heterocycles. The second-order valence-electron chi connectivity index (χ2n) is 9.48. The van der Waals surface area contributed by atoms with E-state index in [2.05, 4.69) is 15.1 Å². The van der Waals surface area contributed by atoms with Crippen molar-refractivity contribution in [2.24, 2.45) is 0 Å². The smallest absolute Gasteiger partial charge is 0.425 e. The highest BCUT2D eigenvalue weighted by molar-refractivity contribution is 6.10. The van der Waals surface area contributed by atoms with E-state index in [1.807, 2.05) is 0 Å². The number of carbonyl (C=O) groups is 2. The minimum atomic E-state index is -0.953. The molecule has 3 heterocycles. The summed E-state index contributed by atoms with van der Waals surface area (Å²) in [6.07, 6.45) is -0.261. The summed E-state index contributed by atoms with van der Waals surface area (Å²) in [5.41, 5.74) is -0.489. The van der Waals surface area contributed by atoms with Crippen LogP contribution in [0.15, 0.2) is 47.1 Å². The molecule has 3 rings (SSSR count). The zero-order chi connectivity index (χ0) is 25.1. The van der Waals surface area contributed by atoms with Crippen molar-refractivity contribution in [2.45, 2.75) is 59.2 Å². The number of aromatic nitrogens is 3. The van der Waals surface area contributed by atoms with E-state index in [4.69, 9.17) is 14.0 Å². The molecule has 9 nitrogen and oxygen atoms in total. The molecule has 0 aromatic carbocycles. The van der Waals surface area contributed by atoms with Crippen LogP contribution in [-0.4, -0.2) is 38.5 Å². The van der Waals surface area contributed by atoms with Crippen molar-refractivity contribution in [1.82, 2.24) is 15.1 Å². The largest absolute Gasteiger partial charge is 0.443 e. The molecule has 0 aliphatic rings. The number of amides is 2. The van der Waals surface area contributed by atoms with Crippen LogP contribution >= 0.6 is 0 Å². The summed E-state index contributed by atoms with van der Waals surface area (Å²) < 4.78 is 29.7. The Kier molecular flexibility index (Phi) is 6.99. The zero-order valence-electron chi connectivity index (χ0n) is 20.0. The maximum Gasteiger partial charge on any atom is 0.425 e. The van der Waals surface area contributed by atoms with Crippen molar-refractivity contribution in [3.8, 4) is 11.3 Å². The Bertz CT molecular complexity index is 1150. The predicted octanol–water partition coefficient (Wildman–Crippen LogP) is 5.54. The van der Waals surface area contributed by atoms with Crippen molar-refractivity contribution in [3.63, 3.8) is 0 Å². The normalized spacial score (nSPS) is 11.7. The Morgan fingerprint density at radius 2 is 1.62 bits per heavy atom. The summed E-state index contributed by atoms with van der Waals surface area (Å²) in [7, 11) is 0. The van der Waals surface area contributed by atoms with Crippen LogP contribution in [0.1, 0.15) is 52.9 Å². The zero-order valence-corrected chi connectivity index (χ0v) is 20.0. The number of anilines is 1. The maximum absolute atomic E-state index is 13.4. The van der Waals surface area contributed by atoms with Crippen LogP contribution in [0.5, 0.6) is 0 Å². The van der Waals surface area contributed by atoms with Crippen LogP contribution in [0.3, 0.4) is 0 Å². The minimum absolute atomic E-state index is 0.0439. The molecule has 0 N–H and O–H groups in total. The standard InChI is InChI=1S/C24H27FN4O5/c1-23(2,3)32-21(30)29(22(31)33-24(4,5)6)20-17(10-8-12-26-20)18-14-16(28-34-18)13-15-9-7-11-19(25)27-15/h7-12,14H,13H2,1-6H3. The summed E-state index contributed by atoms with van der Waals surface area (Å²) in [4.78, 5) is 34.8. The van der Waals surface area contributed by atoms with Gasteiger partial charge in [-0.15, -0.1) is 0 Å². The molecule has 2 amide bonds. The van der Waals surface area contributed by atoms with Gasteiger partial charge in [-0.05, 0) is 65.8 Å². The van der Waals surface area contributed by atoms with Crippen molar-refractivity contribution >= 4 is 18.0 Å². The van der Waals surface area contributed by atoms with Gasteiger partial charge in [-0.25, -0.2) is 19.6 Å². The maximum atomic E-state index is 13.4. The highest BCUT2D eigenvalue weighted by Gasteiger charge is 2.35. The Labute approximate surface area is 196 Å². The molecule has 0 bridgehead atoms. The van der Waals surface area contributed by atoms with E-state index in [9.17, 15) is 14.0 Å². The molecule has 34 heavy (non-hydrogen) atoms. The van der Waals surface area contributed by atoms with Gasteiger partial charge in [0, 0.05) is 24.4 Å². The number of halogens is 1. The number of imide groups is 1. The van der Waals surface area contributed by atoms with Crippen LogP contribution in [0, 0.1) is 5.95 Å². The lowest BCUT2D eigenvalue weighted by atomic mass is 10.1. The predicted molar refractivity (Wildman–Crippen MR) is 122 cm³/mol. The monoisotopic (exact) mass is 470 g/mol. The van der Waals surface area contributed by atoms with Gasteiger partial charge in [-0.3, -0.25) is 0 Å². The number of hydrogen-bond donors (Lipinski definition) is 0. The van der Waals surface area contributed by atoms with E-state index in [1.165, 1.54) is 12.3 Å². The first kappa shape index (κ1) is 24.8. The summed E-state index contributed by atoms with van der Waals surface area (Å²) in [6, 6.07) is 9.32. The number of pyridine rings is 2. The molecule has 180 valence electrons. The molecule has 3 aromatic rings. The topological polar surface area (TPSA) is 108 Å². The highest BCUT2D eigenvalue weighted by atomic mass is 19.1. The Morgan fingerprint density at radius 3 is 2.21 bits per heavy atom. The fourth-order valence-corrected chi connectivity index (χ4v) is 2.89. The first-order chi connectivity index (χ1) is 15.8. The number of ether oxygens (including phenoxy) is 2. The summed E-state index contributed by atoms with van der Waals surface area (Å²) in [6.45, 7) is 10.1. The van der Waals surface area contributed by atoms with Crippen molar-refractivity contribution in [3.05, 3.63) is 59.9 Å². The Balaban J connectivity index is 1.99. The molecular formula is C24H27FN4O5. The molecule has 0 saturated carbocycles. The number of hydrogen-bond acceptors (Lipinski definition) is 8. The van der Waals surface area contributed by atoms with Gasteiger partial charge in [0.2, 0.25) is 5.95 Å². The van der Waals surface area contributed by atoms with Gasteiger partial charge in [-0.1, -0.05) is 11.2 Å². The van der Waals surface area contributed by atoms with Crippen LogP contribution in [-0.2, 0) is 15.9 Å². The second-order valence-corrected chi connectivity index (χ2v) is 9.48. The molecule has 0 fully saturated rings. The van der Waals surface area contributed by atoms with E-state index < -0.39 is 29.3 Å². The Morgan fingerprint density at radius 1 is 0.971 bits per heavy atom. The van der Waals surface area contributed by atoms with Gasteiger partial charge in [0.05, 0.1) is 11.3 Å². The average Bonchev–Trinajstić information content (AvgIpc) is 3.14. The van der Waals surface area contributed by atoms with Crippen LogP contribution in [0.2, 0.25) is 0 Å². The molecule has 0 unspecified atom stereocenters. The fourth-order valence-electron chi connectivity index (χ4n) is 2.89. The van der Waals surface area contributed by atoms with E-state index in [0.717, 1.165) is 4.90 Å². The Hall–Kier alpha value is -3.82. The van der Waals surface area contributed by atoms with E-state index >= 15 is 0 Å². The van der Waals surface area contributed by atoms with Crippen LogP contribution in [0.4, 0.5) is 19.8 Å². The van der Waals surface area contributed by atoms with E-state index in [-0.39, 0.29) is 18.0 Å². The summed E-state index contributed by atoms with van der Waals surface area (Å²) in [5, 5.41) is 4.01. The lowest BCUT2D eigenvalue weighted by Gasteiger charge is -2.28. The SMILES string of the molecule is CC(C)(C)OC(=O)N(C(=O)OC(C)(C)C)c1ncccc1-c1cc(Cc2cccc(F)n2)no1. The van der Waals surface area contributed by atoms with Crippen molar-refractivity contribution < 1.29 is 28.0 Å². The van der Waals surface area contributed by atoms with Crippen molar-refractivity contribution in [2.75, 3.05) is 4.90 Å². The molecule has 0 saturated heterocycles. The molecular weight excluding hydrogens is 443 g/mol. The average molecular weight is 471 g/mol. The fraction of sp³-hybridized carbons (Fsp3) is 0.375. The summed E-state index contributed by atoms with van der Waals surface area (Å²) in [5.74, 6) is -0.398. The van der Waals surface area contributed by atoms with Gasteiger partial charge < -0.3 is 14.0 Å². The third-order valence-corrected chi connectivity index (χ3v) is 4.11. The second kappa shape index (κ2) is 9.58. The minimum Gasteiger partial charge on any atom is -0.443 e. The third kappa shape index (κ3) is 6.60. The van der Waals surface area contributed by atoms with E-state index in [1.54, 1.807) is 71.9 Å².